The summed E-state index contributed by atoms with van der Waals surface area (Å²) in [4.78, 5) is 13.7. The molecule has 0 aromatic heterocycles. The van der Waals surface area contributed by atoms with Gasteiger partial charge in [-0.15, -0.1) is 6.42 Å². The van der Waals surface area contributed by atoms with E-state index in [-0.39, 0.29) is 5.91 Å². The second kappa shape index (κ2) is 5.91. The van der Waals surface area contributed by atoms with Crippen molar-refractivity contribution in [1.29, 1.82) is 0 Å². The van der Waals surface area contributed by atoms with Crippen molar-refractivity contribution < 1.29 is 4.79 Å². The number of amides is 1. The van der Waals surface area contributed by atoms with Gasteiger partial charge in [0.2, 0.25) is 5.91 Å². The predicted molar refractivity (Wildman–Crippen MR) is 65.9 cm³/mol. The van der Waals surface area contributed by atoms with Gasteiger partial charge in [0.25, 0.3) is 0 Å². The summed E-state index contributed by atoms with van der Waals surface area (Å²) in [6, 6.07) is 0. The molecule has 1 fully saturated rings. The number of nitrogens with zero attached hydrogens (tertiary/aromatic N) is 1. The van der Waals surface area contributed by atoms with Gasteiger partial charge in [0, 0.05) is 13.1 Å². The molecule has 1 heterocycles. The molecule has 0 radical (unpaired) electrons. The summed E-state index contributed by atoms with van der Waals surface area (Å²) in [6.45, 7) is 7.15. The molecule has 1 aliphatic heterocycles. The van der Waals surface area contributed by atoms with E-state index < -0.39 is 0 Å². The van der Waals surface area contributed by atoms with E-state index in [1.807, 2.05) is 4.90 Å². The number of nitrogens with one attached hydrogen (secondary N) is 1. The minimum absolute atomic E-state index is 0.174. The first-order valence-electron chi connectivity index (χ1n) is 6.03. The Bertz CT molecular complexity index is 272. The molecule has 0 aromatic rings. The van der Waals surface area contributed by atoms with E-state index in [2.05, 4.69) is 25.1 Å². The Labute approximate surface area is 98.6 Å². The summed E-state index contributed by atoms with van der Waals surface area (Å²) in [5.41, 5.74) is 0.434. The molecule has 0 bridgehead atoms. The fraction of sp³-hybridized carbons (Fsp3) is 0.769. The van der Waals surface area contributed by atoms with Gasteiger partial charge in [-0.05, 0) is 18.3 Å². The van der Waals surface area contributed by atoms with Crippen LogP contribution in [0.3, 0.4) is 0 Å². The zero-order chi connectivity index (χ0) is 12.0. The zero-order valence-corrected chi connectivity index (χ0v) is 10.4. The number of hydrogen-bond acceptors (Lipinski definition) is 2. The van der Waals surface area contributed by atoms with Crippen LogP contribution in [-0.2, 0) is 4.79 Å². The normalized spacial score (nSPS) is 19.2. The molecule has 0 unspecified atom stereocenters. The van der Waals surface area contributed by atoms with Crippen LogP contribution in [0, 0.1) is 17.8 Å². The highest BCUT2D eigenvalue weighted by Crippen LogP contribution is 2.33. The number of carbonyl (C=O) groups excluding carboxylic acids is 1. The van der Waals surface area contributed by atoms with Crippen molar-refractivity contribution in [3.05, 3.63) is 0 Å². The van der Waals surface area contributed by atoms with Crippen LogP contribution < -0.4 is 5.32 Å². The predicted octanol–water partition coefficient (Wildman–Crippen LogP) is 1.25. The first kappa shape index (κ1) is 13.1. The number of likely N-dealkylation sites (tertiary alicyclic amines) is 1. The third-order valence-corrected chi connectivity index (χ3v) is 3.68. The average Bonchev–Trinajstić information content (AvgIpc) is 2.30. The molecule has 1 amide bonds. The van der Waals surface area contributed by atoms with E-state index >= 15 is 0 Å². The standard InChI is InChI=1S/C13H22N2O/c1-4-8-14-11-12(16)15-9-6-13(3,5-2)7-10-15/h1,14H,5-11H2,2-3H3. The van der Waals surface area contributed by atoms with Crippen molar-refractivity contribution in [2.75, 3.05) is 26.2 Å². The Kier molecular flexibility index (Phi) is 4.82. The average molecular weight is 222 g/mol. The number of hydrogen-bond donors (Lipinski definition) is 1. The third kappa shape index (κ3) is 3.53. The maximum absolute atomic E-state index is 11.8. The van der Waals surface area contributed by atoms with Gasteiger partial charge in [-0.3, -0.25) is 10.1 Å². The van der Waals surface area contributed by atoms with Crippen molar-refractivity contribution in [1.82, 2.24) is 10.2 Å². The lowest BCUT2D eigenvalue weighted by Crippen LogP contribution is -2.45. The van der Waals surface area contributed by atoms with E-state index in [9.17, 15) is 4.79 Å². The molecule has 0 atom stereocenters. The summed E-state index contributed by atoms with van der Waals surface area (Å²) in [5.74, 6) is 2.64. The van der Waals surface area contributed by atoms with Crippen LogP contribution in [0.1, 0.15) is 33.1 Å². The lowest BCUT2D eigenvalue weighted by molar-refractivity contribution is -0.132. The smallest absolute Gasteiger partial charge is 0.236 e. The molecule has 0 aliphatic carbocycles. The lowest BCUT2D eigenvalue weighted by atomic mass is 9.78. The van der Waals surface area contributed by atoms with E-state index in [0.29, 0.717) is 18.5 Å². The Balaban J connectivity index is 2.31. The van der Waals surface area contributed by atoms with Crippen LogP contribution in [-0.4, -0.2) is 37.0 Å². The molecule has 3 nitrogen and oxygen atoms in total. The minimum atomic E-state index is 0.174. The molecular formula is C13H22N2O. The highest BCUT2D eigenvalue weighted by atomic mass is 16.2. The number of rotatable bonds is 4. The van der Waals surface area contributed by atoms with E-state index in [4.69, 9.17) is 6.42 Å². The van der Waals surface area contributed by atoms with Gasteiger partial charge < -0.3 is 4.90 Å². The van der Waals surface area contributed by atoms with Gasteiger partial charge in [-0.1, -0.05) is 26.2 Å². The lowest BCUT2D eigenvalue weighted by Gasteiger charge is -2.38. The number of carbonyl (C=O) groups is 1. The summed E-state index contributed by atoms with van der Waals surface area (Å²) >= 11 is 0. The topological polar surface area (TPSA) is 32.3 Å². The monoisotopic (exact) mass is 222 g/mol. The maximum atomic E-state index is 11.8. The highest BCUT2D eigenvalue weighted by Gasteiger charge is 2.29. The SMILES string of the molecule is C#CCNCC(=O)N1CCC(C)(CC)CC1. The van der Waals surface area contributed by atoms with Crippen molar-refractivity contribution in [2.24, 2.45) is 5.41 Å². The fourth-order valence-corrected chi connectivity index (χ4v) is 2.00. The first-order chi connectivity index (χ1) is 7.61. The molecule has 1 N–H and O–H groups in total. The molecule has 0 aromatic carbocycles. The summed E-state index contributed by atoms with van der Waals surface area (Å²) < 4.78 is 0. The molecule has 16 heavy (non-hydrogen) atoms. The molecule has 0 spiro atoms. The zero-order valence-electron chi connectivity index (χ0n) is 10.4. The Hall–Kier alpha value is -1.01. The van der Waals surface area contributed by atoms with Crippen molar-refractivity contribution >= 4 is 5.91 Å². The Morgan fingerprint density at radius 1 is 1.50 bits per heavy atom. The summed E-state index contributed by atoms with van der Waals surface area (Å²) in [5, 5.41) is 2.94. The molecule has 90 valence electrons. The molecule has 3 heteroatoms. The summed E-state index contributed by atoms with van der Waals surface area (Å²) in [6.07, 6.45) is 8.54. The highest BCUT2D eigenvalue weighted by molar-refractivity contribution is 5.78. The van der Waals surface area contributed by atoms with Crippen molar-refractivity contribution in [3.63, 3.8) is 0 Å². The second-order valence-electron chi connectivity index (χ2n) is 4.85. The molecule has 1 saturated heterocycles. The Morgan fingerprint density at radius 3 is 2.62 bits per heavy atom. The molecular weight excluding hydrogens is 200 g/mol. The number of terminal acetylenes is 1. The quantitative estimate of drug-likeness (QED) is 0.573. The largest absolute Gasteiger partial charge is 0.342 e. The van der Waals surface area contributed by atoms with Crippen LogP contribution in [0.5, 0.6) is 0 Å². The van der Waals surface area contributed by atoms with Gasteiger partial charge in [-0.2, -0.15) is 0 Å². The molecule has 1 rings (SSSR count). The second-order valence-corrected chi connectivity index (χ2v) is 4.85. The molecule has 1 aliphatic rings. The van der Waals surface area contributed by atoms with Gasteiger partial charge in [-0.25, -0.2) is 0 Å². The molecule has 0 saturated carbocycles. The number of piperidine rings is 1. The summed E-state index contributed by atoms with van der Waals surface area (Å²) in [7, 11) is 0. The van der Waals surface area contributed by atoms with Gasteiger partial charge in [0.15, 0.2) is 0 Å². The van der Waals surface area contributed by atoms with Gasteiger partial charge in [0.1, 0.15) is 0 Å². The van der Waals surface area contributed by atoms with E-state index in [1.54, 1.807) is 0 Å². The maximum Gasteiger partial charge on any atom is 0.236 e. The van der Waals surface area contributed by atoms with Crippen LogP contribution in [0.2, 0.25) is 0 Å². The fourth-order valence-electron chi connectivity index (χ4n) is 2.00. The minimum Gasteiger partial charge on any atom is -0.342 e. The Morgan fingerprint density at radius 2 is 2.12 bits per heavy atom. The van der Waals surface area contributed by atoms with Crippen LogP contribution in [0.25, 0.3) is 0 Å². The van der Waals surface area contributed by atoms with E-state index in [0.717, 1.165) is 25.9 Å². The van der Waals surface area contributed by atoms with Gasteiger partial charge >= 0.3 is 0 Å². The first-order valence-corrected chi connectivity index (χ1v) is 6.03. The van der Waals surface area contributed by atoms with Crippen LogP contribution in [0.15, 0.2) is 0 Å². The van der Waals surface area contributed by atoms with Crippen molar-refractivity contribution in [2.45, 2.75) is 33.1 Å². The van der Waals surface area contributed by atoms with Gasteiger partial charge in [0.05, 0.1) is 13.1 Å². The third-order valence-electron chi connectivity index (χ3n) is 3.68. The van der Waals surface area contributed by atoms with E-state index in [1.165, 1.54) is 6.42 Å². The van der Waals surface area contributed by atoms with Crippen LogP contribution >= 0.6 is 0 Å². The van der Waals surface area contributed by atoms with Crippen molar-refractivity contribution in [3.8, 4) is 12.3 Å². The van der Waals surface area contributed by atoms with Crippen LogP contribution in [0.4, 0.5) is 0 Å².